The lowest BCUT2D eigenvalue weighted by atomic mass is 10.2. The second kappa shape index (κ2) is 8.40. The molecule has 0 fully saturated rings. The predicted molar refractivity (Wildman–Crippen MR) is 77.9 cm³/mol. The SMILES string of the molecule is CCCCC/N=C\CC(C)S[Si](C)(C)C. The normalized spacial score (nSPS) is 14.7. The first kappa shape index (κ1) is 15.2. The highest BCUT2D eigenvalue weighted by atomic mass is 32.4. The van der Waals surface area contributed by atoms with Crippen molar-refractivity contribution in [2.75, 3.05) is 6.54 Å². The van der Waals surface area contributed by atoms with Crippen LogP contribution in [0.15, 0.2) is 4.99 Å². The van der Waals surface area contributed by atoms with Crippen LogP contribution >= 0.6 is 11.2 Å². The fourth-order valence-electron chi connectivity index (χ4n) is 1.42. The van der Waals surface area contributed by atoms with Gasteiger partial charge in [-0.2, -0.15) is 11.2 Å². The summed E-state index contributed by atoms with van der Waals surface area (Å²) < 4.78 is 0. The summed E-state index contributed by atoms with van der Waals surface area (Å²) in [4.78, 5) is 4.46. The van der Waals surface area contributed by atoms with Gasteiger partial charge in [-0.05, 0) is 19.1 Å². The zero-order valence-corrected chi connectivity index (χ0v) is 12.9. The third-order valence-electron chi connectivity index (χ3n) is 2.01. The first-order chi connectivity index (χ1) is 6.95. The number of hydrogen-bond donors (Lipinski definition) is 0. The zero-order chi connectivity index (χ0) is 11.7. The summed E-state index contributed by atoms with van der Waals surface area (Å²) >= 11 is 2.17. The molecule has 0 spiro atoms. The first-order valence-corrected chi connectivity index (χ1v) is 11.2. The lowest BCUT2D eigenvalue weighted by Crippen LogP contribution is -2.18. The number of rotatable bonds is 8. The molecular weight excluding hydrogens is 218 g/mol. The number of nitrogens with zero attached hydrogens (tertiary/aromatic N) is 1. The summed E-state index contributed by atoms with van der Waals surface area (Å²) in [5.74, 6) is 0. The summed E-state index contributed by atoms with van der Waals surface area (Å²) in [5.41, 5.74) is 0. The summed E-state index contributed by atoms with van der Waals surface area (Å²) in [6.45, 7) is 12.8. The summed E-state index contributed by atoms with van der Waals surface area (Å²) in [6, 6.07) is 0. The van der Waals surface area contributed by atoms with Crippen LogP contribution in [0.25, 0.3) is 0 Å². The van der Waals surface area contributed by atoms with E-state index in [4.69, 9.17) is 0 Å². The van der Waals surface area contributed by atoms with E-state index in [1.165, 1.54) is 19.3 Å². The maximum atomic E-state index is 4.46. The molecule has 0 amide bonds. The van der Waals surface area contributed by atoms with Crippen LogP contribution in [0.3, 0.4) is 0 Å². The molecular formula is C12H27NSSi. The third-order valence-corrected chi connectivity index (χ3v) is 6.64. The third kappa shape index (κ3) is 12.2. The van der Waals surface area contributed by atoms with E-state index in [1.54, 1.807) is 0 Å². The van der Waals surface area contributed by atoms with E-state index in [-0.39, 0.29) is 0 Å². The maximum absolute atomic E-state index is 4.46. The lowest BCUT2D eigenvalue weighted by molar-refractivity contribution is 0.728. The Morgan fingerprint density at radius 3 is 2.47 bits per heavy atom. The van der Waals surface area contributed by atoms with E-state index in [1.807, 2.05) is 0 Å². The Morgan fingerprint density at radius 2 is 1.93 bits per heavy atom. The minimum absolute atomic E-state index is 0.742. The maximum Gasteiger partial charge on any atom is 0.108 e. The molecule has 0 saturated heterocycles. The topological polar surface area (TPSA) is 12.4 Å². The molecule has 0 saturated carbocycles. The van der Waals surface area contributed by atoms with Crippen LogP contribution in [0.1, 0.15) is 39.5 Å². The van der Waals surface area contributed by atoms with Crippen molar-refractivity contribution >= 4 is 24.6 Å². The monoisotopic (exact) mass is 245 g/mol. The highest BCUT2D eigenvalue weighted by Crippen LogP contribution is 2.25. The van der Waals surface area contributed by atoms with Crippen LogP contribution in [0.2, 0.25) is 19.6 Å². The van der Waals surface area contributed by atoms with Gasteiger partial charge in [0.1, 0.15) is 7.22 Å². The van der Waals surface area contributed by atoms with Crippen molar-refractivity contribution < 1.29 is 0 Å². The average Bonchev–Trinajstić information content (AvgIpc) is 2.08. The van der Waals surface area contributed by atoms with Gasteiger partial charge in [0, 0.05) is 11.8 Å². The molecule has 1 atom stereocenters. The van der Waals surface area contributed by atoms with Gasteiger partial charge in [-0.3, -0.25) is 4.99 Å². The van der Waals surface area contributed by atoms with Crippen molar-refractivity contribution in [3.05, 3.63) is 0 Å². The van der Waals surface area contributed by atoms with Gasteiger partial charge < -0.3 is 0 Å². The van der Waals surface area contributed by atoms with Crippen molar-refractivity contribution in [3.8, 4) is 0 Å². The van der Waals surface area contributed by atoms with Crippen LogP contribution in [-0.2, 0) is 0 Å². The minimum Gasteiger partial charge on any atom is -0.297 e. The molecule has 0 aliphatic heterocycles. The average molecular weight is 246 g/mol. The molecule has 0 bridgehead atoms. The Morgan fingerprint density at radius 1 is 1.27 bits per heavy atom. The molecule has 1 unspecified atom stereocenters. The molecule has 0 aromatic rings. The lowest BCUT2D eigenvalue weighted by Gasteiger charge is -2.19. The van der Waals surface area contributed by atoms with E-state index in [2.05, 4.69) is 55.9 Å². The molecule has 0 heterocycles. The van der Waals surface area contributed by atoms with Gasteiger partial charge in [0.05, 0.1) is 0 Å². The first-order valence-electron chi connectivity index (χ1n) is 6.12. The number of aliphatic imine (C=N–C) groups is 1. The van der Waals surface area contributed by atoms with Crippen molar-refractivity contribution in [2.45, 2.75) is 64.4 Å². The van der Waals surface area contributed by atoms with Crippen molar-refractivity contribution in [1.29, 1.82) is 0 Å². The zero-order valence-electron chi connectivity index (χ0n) is 11.0. The van der Waals surface area contributed by atoms with Crippen LogP contribution in [0, 0.1) is 0 Å². The second-order valence-corrected chi connectivity index (χ2v) is 14.7. The Labute approximate surface area is 101 Å². The van der Waals surface area contributed by atoms with Crippen LogP contribution in [0.4, 0.5) is 0 Å². The van der Waals surface area contributed by atoms with Gasteiger partial charge >= 0.3 is 0 Å². The summed E-state index contributed by atoms with van der Waals surface area (Å²) in [5, 5.41) is 0.742. The van der Waals surface area contributed by atoms with Crippen molar-refractivity contribution in [3.63, 3.8) is 0 Å². The van der Waals surface area contributed by atoms with E-state index in [0.29, 0.717) is 0 Å². The van der Waals surface area contributed by atoms with Crippen LogP contribution in [-0.4, -0.2) is 25.2 Å². The predicted octanol–water partition coefficient (Wildman–Crippen LogP) is 4.59. The standard InChI is InChI=1S/C12H27NSSi/c1-6-7-8-10-13-11-9-12(2)14-15(3,4)5/h11-12H,6-10H2,1-5H3/b13-11-. The molecule has 0 aromatic carbocycles. The van der Waals surface area contributed by atoms with Crippen LogP contribution < -0.4 is 0 Å². The molecule has 1 nitrogen and oxygen atoms in total. The van der Waals surface area contributed by atoms with Gasteiger partial charge in [-0.1, -0.05) is 46.3 Å². The smallest absolute Gasteiger partial charge is 0.108 e. The van der Waals surface area contributed by atoms with Gasteiger partial charge in [-0.25, -0.2) is 0 Å². The largest absolute Gasteiger partial charge is 0.297 e. The quantitative estimate of drug-likeness (QED) is 0.346. The molecule has 90 valence electrons. The highest BCUT2D eigenvalue weighted by Gasteiger charge is 2.16. The molecule has 0 radical (unpaired) electrons. The van der Waals surface area contributed by atoms with E-state index in [9.17, 15) is 0 Å². The fraction of sp³-hybridized carbons (Fsp3) is 0.917. The molecule has 0 aliphatic rings. The summed E-state index contributed by atoms with van der Waals surface area (Å²) in [6.07, 6.45) is 7.13. The molecule has 0 N–H and O–H groups in total. The molecule has 3 heteroatoms. The fourth-order valence-corrected chi connectivity index (χ4v) is 6.72. The molecule has 0 rings (SSSR count). The second-order valence-electron chi connectivity index (χ2n) is 5.07. The van der Waals surface area contributed by atoms with Crippen molar-refractivity contribution in [2.24, 2.45) is 4.99 Å². The minimum atomic E-state index is -0.946. The van der Waals surface area contributed by atoms with E-state index >= 15 is 0 Å². The van der Waals surface area contributed by atoms with Gasteiger partial charge in [0.25, 0.3) is 0 Å². The summed E-state index contributed by atoms with van der Waals surface area (Å²) in [7, 11) is -0.946. The van der Waals surface area contributed by atoms with Crippen LogP contribution in [0.5, 0.6) is 0 Å². The van der Waals surface area contributed by atoms with E-state index in [0.717, 1.165) is 18.2 Å². The Bertz CT molecular complexity index is 175. The van der Waals surface area contributed by atoms with Gasteiger partial charge in [0.2, 0.25) is 0 Å². The Hall–Kier alpha value is 0.237. The highest BCUT2D eigenvalue weighted by molar-refractivity contribution is 8.29. The Balaban J connectivity index is 3.49. The van der Waals surface area contributed by atoms with Crippen molar-refractivity contribution in [1.82, 2.24) is 0 Å². The van der Waals surface area contributed by atoms with E-state index < -0.39 is 7.22 Å². The Kier molecular flexibility index (Phi) is 8.53. The molecule has 15 heavy (non-hydrogen) atoms. The number of hydrogen-bond acceptors (Lipinski definition) is 2. The van der Waals surface area contributed by atoms with Gasteiger partial charge in [0.15, 0.2) is 0 Å². The van der Waals surface area contributed by atoms with Gasteiger partial charge in [-0.15, -0.1) is 0 Å². The number of unbranched alkanes of at least 4 members (excludes halogenated alkanes) is 2. The molecule has 0 aliphatic carbocycles. The molecule has 0 aromatic heterocycles.